The van der Waals surface area contributed by atoms with Gasteiger partial charge in [-0.05, 0) is 5.56 Å². The first-order valence-corrected chi connectivity index (χ1v) is 5.41. The van der Waals surface area contributed by atoms with Crippen LogP contribution in [0, 0.1) is 0 Å². The fraction of sp³-hybridized carbons (Fsp3) is 0.417. The monoisotopic (exact) mass is 222 g/mol. The summed E-state index contributed by atoms with van der Waals surface area (Å²) in [4.78, 5) is 10.9. The number of carbonyl (C=O) groups is 1. The van der Waals surface area contributed by atoms with Crippen LogP contribution in [-0.4, -0.2) is 42.7 Å². The van der Waals surface area contributed by atoms with E-state index < -0.39 is 0 Å². The first-order chi connectivity index (χ1) is 7.86. The maximum atomic E-state index is 8.36. The van der Waals surface area contributed by atoms with Gasteiger partial charge in [-0.2, -0.15) is 0 Å². The van der Waals surface area contributed by atoms with Crippen LogP contribution in [0.25, 0.3) is 0 Å². The van der Waals surface area contributed by atoms with Crippen molar-refractivity contribution in [2.75, 3.05) is 26.2 Å². The van der Waals surface area contributed by atoms with E-state index in [2.05, 4.69) is 40.5 Å². The zero-order valence-corrected chi connectivity index (χ0v) is 9.30. The van der Waals surface area contributed by atoms with Crippen molar-refractivity contribution in [1.29, 1.82) is 0 Å². The van der Waals surface area contributed by atoms with Gasteiger partial charge in [0.1, 0.15) is 0 Å². The van der Waals surface area contributed by atoms with Crippen LogP contribution < -0.4 is 5.32 Å². The van der Waals surface area contributed by atoms with E-state index in [1.807, 2.05) is 0 Å². The minimum atomic E-state index is -0.250. The summed E-state index contributed by atoms with van der Waals surface area (Å²) in [5.41, 5.74) is 1.42. The lowest BCUT2D eigenvalue weighted by molar-refractivity contribution is -0.122. The molecule has 0 saturated carbocycles. The molecule has 0 aromatic heterocycles. The summed E-state index contributed by atoms with van der Waals surface area (Å²) in [5.74, 6) is 0. The Balaban J connectivity index is 0.000000386. The molecule has 1 heterocycles. The fourth-order valence-corrected chi connectivity index (χ4v) is 1.71. The number of rotatable bonds is 2. The Bertz CT molecular complexity index is 284. The highest BCUT2D eigenvalue weighted by molar-refractivity contribution is 5.32. The van der Waals surface area contributed by atoms with E-state index in [4.69, 9.17) is 9.90 Å². The molecule has 0 amide bonds. The van der Waals surface area contributed by atoms with Crippen molar-refractivity contribution in [1.82, 2.24) is 10.2 Å². The molecule has 16 heavy (non-hydrogen) atoms. The minimum Gasteiger partial charge on any atom is -0.483 e. The molecule has 2 N–H and O–H groups in total. The van der Waals surface area contributed by atoms with Crippen LogP contribution >= 0.6 is 0 Å². The number of nitrogens with zero attached hydrogens (tertiary/aromatic N) is 1. The number of benzene rings is 1. The normalized spacial score (nSPS) is 16.0. The third-order valence-corrected chi connectivity index (χ3v) is 2.46. The van der Waals surface area contributed by atoms with Crippen LogP contribution in [0.15, 0.2) is 30.3 Å². The molecule has 4 heteroatoms. The van der Waals surface area contributed by atoms with Crippen molar-refractivity contribution in [3.8, 4) is 0 Å². The second-order valence-corrected chi connectivity index (χ2v) is 3.62. The largest absolute Gasteiger partial charge is 0.483 e. The lowest BCUT2D eigenvalue weighted by atomic mass is 10.2. The van der Waals surface area contributed by atoms with Gasteiger partial charge in [0.15, 0.2) is 0 Å². The van der Waals surface area contributed by atoms with Gasteiger partial charge in [0.2, 0.25) is 0 Å². The summed E-state index contributed by atoms with van der Waals surface area (Å²) in [6.45, 7) is 5.46. The summed E-state index contributed by atoms with van der Waals surface area (Å²) in [6.07, 6.45) is 0. The van der Waals surface area contributed by atoms with Crippen LogP contribution in [0.3, 0.4) is 0 Å². The summed E-state index contributed by atoms with van der Waals surface area (Å²) in [6, 6.07) is 10.7. The van der Waals surface area contributed by atoms with Crippen LogP contribution in [-0.2, 0) is 11.3 Å². The molecule has 1 aromatic carbocycles. The summed E-state index contributed by atoms with van der Waals surface area (Å²) < 4.78 is 0. The van der Waals surface area contributed by atoms with Crippen LogP contribution in [0.2, 0.25) is 0 Å². The molecular weight excluding hydrogens is 204 g/mol. The van der Waals surface area contributed by atoms with Crippen LogP contribution in [0.5, 0.6) is 0 Å². The Morgan fingerprint density at radius 3 is 2.38 bits per heavy atom. The van der Waals surface area contributed by atoms with Crippen molar-refractivity contribution >= 4 is 6.47 Å². The van der Waals surface area contributed by atoms with Crippen molar-refractivity contribution in [2.24, 2.45) is 0 Å². The molecule has 0 radical (unpaired) electrons. The molecule has 1 aliphatic heterocycles. The van der Waals surface area contributed by atoms with Gasteiger partial charge in [-0.1, -0.05) is 30.3 Å². The van der Waals surface area contributed by atoms with Gasteiger partial charge in [-0.25, -0.2) is 0 Å². The topological polar surface area (TPSA) is 52.6 Å². The molecular formula is C12H18N2O2. The van der Waals surface area contributed by atoms with Gasteiger partial charge < -0.3 is 10.4 Å². The standard InChI is InChI=1S/C11H16N2.CH2O2/c1-2-4-11(5-3-1)10-13-8-6-12-7-9-13;2-1-3/h1-5,12H,6-10H2;1H,(H,2,3). The SMILES string of the molecule is O=CO.c1ccc(CN2CCNCC2)cc1. The van der Waals surface area contributed by atoms with Crippen LogP contribution in [0.4, 0.5) is 0 Å². The second kappa shape index (κ2) is 7.84. The molecule has 2 rings (SSSR count). The van der Waals surface area contributed by atoms with Crippen molar-refractivity contribution in [3.05, 3.63) is 35.9 Å². The summed E-state index contributed by atoms with van der Waals surface area (Å²) in [7, 11) is 0. The predicted molar refractivity (Wildman–Crippen MR) is 63.3 cm³/mol. The lowest BCUT2D eigenvalue weighted by Crippen LogP contribution is -2.42. The van der Waals surface area contributed by atoms with Crippen molar-refractivity contribution in [3.63, 3.8) is 0 Å². The summed E-state index contributed by atoms with van der Waals surface area (Å²) in [5, 5.41) is 10.2. The quantitative estimate of drug-likeness (QED) is 0.727. The predicted octanol–water partition coefficient (Wildman–Crippen LogP) is 0.793. The number of hydrogen-bond acceptors (Lipinski definition) is 3. The maximum Gasteiger partial charge on any atom is 0.290 e. The van der Waals surface area contributed by atoms with Gasteiger partial charge in [0, 0.05) is 32.7 Å². The molecule has 1 fully saturated rings. The van der Waals surface area contributed by atoms with E-state index in [0.717, 1.165) is 19.6 Å². The van der Waals surface area contributed by atoms with E-state index in [9.17, 15) is 0 Å². The molecule has 0 aliphatic carbocycles. The average molecular weight is 222 g/mol. The van der Waals surface area contributed by atoms with Gasteiger partial charge >= 0.3 is 0 Å². The Labute approximate surface area is 95.9 Å². The van der Waals surface area contributed by atoms with E-state index in [0.29, 0.717) is 0 Å². The van der Waals surface area contributed by atoms with E-state index in [1.54, 1.807) is 0 Å². The van der Waals surface area contributed by atoms with E-state index in [1.165, 1.54) is 18.7 Å². The van der Waals surface area contributed by atoms with Gasteiger partial charge in [0.05, 0.1) is 0 Å². The van der Waals surface area contributed by atoms with Gasteiger partial charge in [0.25, 0.3) is 6.47 Å². The molecule has 4 nitrogen and oxygen atoms in total. The Hall–Kier alpha value is -1.39. The lowest BCUT2D eigenvalue weighted by Gasteiger charge is -2.27. The molecule has 0 spiro atoms. The number of nitrogens with one attached hydrogen (secondary N) is 1. The number of hydrogen-bond donors (Lipinski definition) is 2. The van der Waals surface area contributed by atoms with Crippen molar-refractivity contribution < 1.29 is 9.90 Å². The molecule has 1 aromatic rings. The average Bonchev–Trinajstić information content (AvgIpc) is 2.33. The summed E-state index contributed by atoms with van der Waals surface area (Å²) >= 11 is 0. The van der Waals surface area contributed by atoms with Crippen molar-refractivity contribution in [2.45, 2.75) is 6.54 Å². The number of carboxylic acid groups (broad SMARTS) is 1. The zero-order chi connectivity index (χ0) is 11.6. The Morgan fingerprint density at radius 2 is 1.81 bits per heavy atom. The number of piperazine rings is 1. The first-order valence-electron chi connectivity index (χ1n) is 5.41. The smallest absolute Gasteiger partial charge is 0.290 e. The molecule has 0 unspecified atom stereocenters. The minimum absolute atomic E-state index is 0.250. The third kappa shape index (κ3) is 4.91. The highest BCUT2D eigenvalue weighted by Crippen LogP contribution is 2.04. The first kappa shape index (κ1) is 12.7. The Kier molecular flexibility index (Phi) is 6.22. The molecule has 1 saturated heterocycles. The van der Waals surface area contributed by atoms with Crippen LogP contribution in [0.1, 0.15) is 5.56 Å². The van der Waals surface area contributed by atoms with E-state index in [-0.39, 0.29) is 6.47 Å². The third-order valence-electron chi connectivity index (χ3n) is 2.46. The maximum absolute atomic E-state index is 8.36. The zero-order valence-electron chi connectivity index (χ0n) is 9.30. The highest BCUT2D eigenvalue weighted by atomic mass is 16.3. The molecule has 88 valence electrons. The van der Waals surface area contributed by atoms with Gasteiger partial charge in [-0.3, -0.25) is 9.69 Å². The molecule has 0 bridgehead atoms. The fourth-order valence-electron chi connectivity index (χ4n) is 1.71. The highest BCUT2D eigenvalue weighted by Gasteiger charge is 2.08. The molecule has 1 aliphatic rings. The second-order valence-electron chi connectivity index (χ2n) is 3.62. The van der Waals surface area contributed by atoms with Gasteiger partial charge in [-0.15, -0.1) is 0 Å². The molecule has 0 atom stereocenters. The Morgan fingerprint density at radius 1 is 1.25 bits per heavy atom. The van der Waals surface area contributed by atoms with E-state index >= 15 is 0 Å².